The van der Waals surface area contributed by atoms with Gasteiger partial charge in [0, 0.05) is 18.2 Å². The summed E-state index contributed by atoms with van der Waals surface area (Å²) >= 11 is 0. The summed E-state index contributed by atoms with van der Waals surface area (Å²) in [6.45, 7) is 5.29. The molecule has 0 unspecified atom stereocenters. The number of nitrogens with one attached hydrogen (secondary N) is 2. The molecule has 1 aromatic carbocycles. The fourth-order valence-corrected chi connectivity index (χ4v) is 1.81. The lowest BCUT2D eigenvalue weighted by Crippen LogP contribution is -2.31. The zero-order chi connectivity index (χ0) is 16.3. The van der Waals surface area contributed by atoms with Gasteiger partial charge in [-0.2, -0.15) is 0 Å². The van der Waals surface area contributed by atoms with Crippen molar-refractivity contribution >= 4 is 17.4 Å². The van der Waals surface area contributed by atoms with Gasteiger partial charge in [0.1, 0.15) is 29.0 Å². The molecule has 0 saturated heterocycles. The Morgan fingerprint density at radius 3 is 2.55 bits per heavy atom. The van der Waals surface area contributed by atoms with Crippen LogP contribution in [-0.4, -0.2) is 21.9 Å². The van der Waals surface area contributed by atoms with E-state index in [4.69, 9.17) is 0 Å². The number of aryl methyl sites for hydroxylation is 1. The second-order valence-electron chi connectivity index (χ2n) is 5.06. The van der Waals surface area contributed by atoms with Gasteiger partial charge in [-0.3, -0.25) is 4.79 Å². The molecule has 22 heavy (non-hydrogen) atoms. The third-order valence-electron chi connectivity index (χ3n) is 2.68. The summed E-state index contributed by atoms with van der Waals surface area (Å²) < 4.78 is 26.5. The average Bonchev–Trinajstić information content (AvgIpc) is 2.40. The summed E-state index contributed by atoms with van der Waals surface area (Å²) in [5.74, 6) is -1.14. The maximum absolute atomic E-state index is 13.6. The molecule has 2 rings (SSSR count). The van der Waals surface area contributed by atoms with Crippen LogP contribution in [-0.2, 0) is 0 Å². The van der Waals surface area contributed by atoms with Crippen molar-refractivity contribution in [1.29, 1.82) is 0 Å². The molecule has 0 aliphatic carbocycles. The number of amides is 1. The van der Waals surface area contributed by atoms with Crippen molar-refractivity contribution < 1.29 is 13.6 Å². The third kappa shape index (κ3) is 3.97. The molecule has 1 heterocycles. The predicted octanol–water partition coefficient (Wildman–Crippen LogP) is 2.95. The van der Waals surface area contributed by atoms with Crippen LogP contribution >= 0.6 is 0 Å². The van der Waals surface area contributed by atoms with Gasteiger partial charge in [0.2, 0.25) is 0 Å². The number of anilines is 2. The van der Waals surface area contributed by atoms with Crippen LogP contribution in [0.1, 0.15) is 30.2 Å². The van der Waals surface area contributed by atoms with E-state index >= 15 is 0 Å². The van der Waals surface area contributed by atoms with Crippen molar-refractivity contribution in [3.8, 4) is 0 Å². The van der Waals surface area contributed by atoms with Crippen LogP contribution in [0, 0.1) is 18.6 Å². The lowest BCUT2D eigenvalue weighted by Gasteiger charge is -2.11. The molecule has 0 fully saturated rings. The predicted molar refractivity (Wildman–Crippen MR) is 79.0 cm³/mol. The van der Waals surface area contributed by atoms with Crippen molar-refractivity contribution in [3.63, 3.8) is 0 Å². The van der Waals surface area contributed by atoms with Crippen LogP contribution in [0.3, 0.4) is 0 Å². The number of carbonyl (C=O) groups excluding carboxylic acids is 1. The number of halogens is 2. The highest BCUT2D eigenvalue weighted by atomic mass is 19.1. The number of hydrogen-bond donors (Lipinski definition) is 2. The van der Waals surface area contributed by atoms with E-state index in [2.05, 4.69) is 20.6 Å². The molecule has 0 spiro atoms. The minimum absolute atomic E-state index is 0.0336. The second kappa shape index (κ2) is 6.46. The number of carbonyl (C=O) groups is 1. The Morgan fingerprint density at radius 2 is 1.91 bits per heavy atom. The SMILES string of the molecule is Cc1nc(Nc2ccc(F)cc2F)cc(C(=O)NC(C)C)n1. The maximum atomic E-state index is 13.6. The molecule has 1 aromatic heterocycles. The van der Waals surface area contributed by atoms with E-state index in [-0.39, 0.29) is 29.1 Å². The van der Waals surface area contributed by atoms with Crippen molar-refractivity contribution in [2.45, 2.75) is 26.8 Å². The molecule has 2 aromatic rings. The van der Waals surface area contributed by atoms with E-state index in [1.165, 1.54) is 12.1 Å². The molecule has 1 amide bonds. The van der Waals surface area contributed by atoms with E-state index in [1.807, 2.05) is 13.8 Å². The normalized spacial score (nSPS) is 10.6. The number of rotatable bonds is 4. The van der Waals surface area contributed by atoms with Gasteiger partial charge in [0.15, 0.2) is 0 Å². The van der Waals surface area contributed by atoms with E-state index in [9.17, 15) is 13.6 Å². The molecule has 7 heteroatoms. The summed E-state index contributed by atoms with van der Waals surface area (Å²) in [6.07, 6.45) is 0. The molecule has 0 atom stereocenters. The van der Waals surface area contributed by atoms with E-state index in [0.29, 0.717) is 5.82 Å². The largest absolute Gasteiger partial charge is 0.349 e. The zero-order valence-electron chi connectivity index (χ0n) is 12.4. The van der Waals surface area contributed by atoms with Gasteiger partial charge in [-0.15, -0.1) is 0 Å². The Kier molecular flexibility index (Phi) is 4.65. The van der Waals surface area contributed by atoms with Crippen LogP contribution in [0.15, 0.2) is 24.3 Å². The van der Waals surface area contributed by atoms with Crippen LogP contribution in [0.25, 0.3) is 0 Å². The molecule has 0 aliphatic heterocycles. The summed E-state index contributed by atoms with van der Waals surface area (Å²) in [5.41, 5.74) is 0.237. The molecule has 0 radical (unpaired) electrons. The van der Waals surface area contributed by atoms with Crippen LogP contribution in [0.2, 0.25) is 0 Å². The molecular weight excluding hydrogens is 290 g/mol. The highest BCUT2D eigenvalue weighted by Crippen LogP contribution is 2.20. The number of benzene rings is 1. The highest BCUT2D eigenvalue weighted by molar-refractivity contribution is 5.93. The fourth-order valence-electron chi connectivity index (χ4n) is 1.81. The number of nitrogens with zero attached hydrogens (tertiary/aromatic N) is 2. The van der Waals surface area contributed by atoms with Crippen LogP contribution in [0.5, 0.6) is 0 Å². The summed E-state index contributed by atoms with van der Waals surface area (Å²) in [6, 6.07) is 4.53. The minimum atomic E-state index is -0.746. The second-order valence-corrected chi connectivity index (χ2v) is 5.06. The summed E-state index contributed by atoms with van der Waals surface area (Å²) in [7, 11) is 0. The quantitative estimate of drug-likeness (QED) is 0.911. The first kappa shape index (κ1) is 15.8. The van der Waals surface area contributed by atoms with Crippen molar-refractivity contribution in [2.24, 2.45) is 0 Å². The standard InChI is InChI=1S/C15H16F2N4O/c1-8(2)18-15(22)13-7-14(20-9(3)19-13)21-12-5-4-10(16)6-11(12)17/h4-8H,1-3H3,(H,18,22)(H,19,20,21). The minimum Gasteiger partial charge on any atom is -0.349 e. The molecule has 0 bridgehead atoms. The highest BCUT2D eigenvalue weighted by Gasteiger charge is 2.12. The zero-order valence-corrected chi connectivity index (χ0v) is 12.4. The molecule has 116 valence electrons. The Hall–Kier alpha value is -2.57. The van der Waals surface area contributed by atoms with Crippen molar-refractivity contribution in [1.82, 2.24) is 15.3 Å². The number of hydrogen-bond acceptors (Lipinski definition) is 4. The van der Waals surface area contributed by atoms with Gasteiger partial charge in [0.25, 0.3) is 5.91 Å². The monoisotopic (exact) mass is 306 g/mol. The molecular formula is C15H16F2N4O. The van der Waals surface area contributed by atoms with Crippen LogP contribution in [0.4, 0.5) is 20.3 Å². The molecule has 5 nitrogen and oxygen atoms in total. The van der Waals surface area contributed by atoms with Gasteiger partial charge in [0.05, 0.1) is 5.69 Å². The maximum Gasteiger partial charge on any atom is 0.270 e. The first-order valence-corrected chi connectivity index (χ1v) is 6.74. The topological polar surface area (TPSA) is 66.9 Å². The Labute approximate surface area is 126 Å². The van der Waals surface area contributed by atoms with Gasteiger partial charge in [-0.05, 0) is 32.9 Å². The number of aromatic nitrogens is 2. The van der Waals surface area contributed by atoms with Crippen LogP contribution < -0.4 is 10.6 Å². The van der Waals surface area contributed by atoms with Crippen molar-refractivity contribution in [3.05, 3.63) is 47.4 Å². The summed E-state index contributed by atoms with van der Waals surface area (Å²) in [4.78, 5) is 20.1. The average molecular weight is 306 g/mol. The third-order valence-corrected chi connectivity index (χ3v) is 2.68. The lowest BCUT2D eigenvalue weighted by atomic mass is 10.2. The molecule has 2 N–H and O–H groups in total. The smallest absolute Gasteiger partial charge is 0.270 e. The molecule has 0 saturated carbocycles. The molecule has 0 aliphatic rings. The van der Waals surface area contributed by atoms with E-state index in [0.717, 1.165) is 12.1 Å². The van der Waals surface area contributed by atoms with Gasteiger partial charge in [-0.1, -0.05) is 0 Å². The van der Waals surface area contributed by atoms with Gasteiger partial charge >= 0.3 is 0 Å². The fraction of sp³-hybridized carbons (Fsp3) is 0.267. The van der Waals surface area contributed by atoms with Gasteiger partial charge in [-0.25, -0.2) is 18.7 Å². The Balaban J connectivity index is 2.28. The lowest BCUT2D eigenvalue weighted by molar-refractivity contribution is 0.0937. The van der Waals surface area contributed by atoms with E-state index < -0.39 is 11.6 Å². The first-order chi connectivity index (χ1) is 10.3. The van der Waals surface area contributed by atoms with Gasteiger partial charge < -0.3 is 10.6 Å². The van der Waals surface area contributed by atoms with Crippen molar-refractivity contribution in [2.75, 3.05) is 5.32 Å². The summed E-state index contributed by atoms with van der Waals surface area (Å²) in [5, 5.41) is 5.43. The van der Waals surface area contributed by atoms with E-state index in [1.54, 1.807) is 6.92 Å². The Morgan fingerprint density at radius 1 is 1.18 bits per heavy atom. The first-order valence-electron chi connectivity index (χ1n) is 6.74. The Bertz CT molecular complexity index is 704.